The van der Waals surface area contributed by atoms with E-state index in [1.54, 1.807) is 26.8 Å². The van der Waals surface area contributed by atoms with Gasteiger partial charge in [0, 0.05) is 6.92 Å². The normalized spacial score (nSPS) is 41.5. The van der Waals surface area contributed by atoms with E-state index < -0.39 is 28.5 Å². The second-order valence-electron chi connectivity index (χ2n) is 9.28. The average Bonchev–Trinajstić information content (AvgIpc) is 2.88. The fraction of sp³-hybridized carbons (Fsp3) is 0.773. The largest absolute Gasteiger partial charge is 0.459 e. The summed E-state index contributed by atoms with van der Waals surface area (Å²) in [5, 5.41) is 21.6. The molecule has 4 atom stereocenters. The van der Waals surface area contributed by atoms with Crippen LogP contribution in [0.15, 0.2) is 23.8 Å². The van der Waals surface area contributed by atoms with Crippen LogP contribution in [0.1, 0.15) is 80.1 Å². The van der Waals surface area contributed by atoms with Crippen LogP contribution in [0.3, 0.4) is 0 Å². The molecule has 0 unspecified atom stereocenters. The first-order chi connectivity index (χ1) is 12.3. The number of hydrogen-bond acceptors (Lipinski definition) is 5. The van der Waals surface area contributed by atoms with E-state index in [0.29, 0.717) is 25.7 Å². The minimum Gasteiger partial charge on any atom is -0.459 e. The Balaban J connectivity index is 2.47. The number of carbonyl (C=O) groups excluding carboxylic acids is 1. The van der Waals surface area contributed by atoms with E-state index in [4.69, 9.17) is 9.47 Å². The van der Waals surface area contributed by atoms with Gasteiger partial charge in [-0.1, -0.05) is 23.8 Å². The van der Waals surface area contributed by atoms with Gasteiger partial charge in [0.25, 0.3) is 0 Å². The summed E-state index contributed by atoms with van der Waals surface area (Å²) in [6.45, 7) is 10.7. The van der Waals surface area contributed by atoms with E-state index in [0.717, 1.165) is 12.8 Å². The summed E-state index contributed by atoms with van der Waals surface area (Å²) in [6.07, 6.45) is 9.37. The molecule has 2 aliphatic rings. The van der Waals surface area contributed by atoms with Gasteiger partial charge in [0.1, 0.15) is 17.3 Å². The molecule has 0 aromatic carbocycles. The van der Waals surface area contributed by atoms with Crippen LogP contribution >= 0.6 is 0 Å². The van der Waals surface area contributed by atoms with Crippen molar-refractivity contribution in [1.82, 2.24) is 0 Å². The van der Waals surface area contributed by atoms with Gasteiger partial charge in [-0.25, -0.2) is 0 Å². The molecule has 0 aromatic rings. The van der Waals surface area contributed by atoms with E-state index in [-0.39, 0.29) is 5.97 Å². The third-order valence-electron chi connectivity index (χ3n) is 6.09. The molecule has 2 N–H and O–H groups in total. The topological polar surface area (TPSA) is 76.0 Å². The SMILES string of the molecule is CC(=O)O[C@H]1CC/C(C)=C/CC[C@](C)(O)/C=C/[C@]2(C(C)(C)O)CC[C@@]1(C)O2. The minimum absolute atomic E-state index is 0.324. The van der Waals surface area contributed by atoms with Gasteiger partial charge >= 0.3 is 5.97 Å². The number of hydrogen-bond donors (Lipinski definition) is 2. The molecule has 2 bridgehead atoms. The monoisotopic (exact) mass is 380 g/mol. The molecule has 2 heterocycles. The molecule has 27 heavy (non-hydrogen) atoms. The van der Waals surface area contributed by atoms with E-state index in [1.807, 2.05) is 13.0 Å². The van der Waals surface area contributed by atoms with Crippen LogP contribution < -0.4 is 0 Å². The maximum atomic E-state index is 11.7. The highest BCUT2D eigenvalue weighted by Gasteiger charge is 2.56. The lowest BCUT2D eigenvalue weighted by Gasteiger charge is -2.42. The third-order valence-corrected chi connectivity index (χ3v) is 6.09. The molecule has 2 rings (SSSR count). The summed E-state index contributed by atoms with van der Waals surface area (Å²) in [5.74, 6) is -0.324. The maximum absolute atomic E-state index is 11.7. The summed E-state index contributed by atoms with van der Waals surface area (Å²) in [4.78, 5) is 11.7. The van der Waals surface area contributed by atoms with Gasteiger partial charge in [-0.3, -0.25) is 4.79 Å². The van der Waals surface area contributed by atoms with Crippen molar-refractivity contribution in [3.63, 3.8) is 0 Å². The van der Waals surface area contributed by atoms with Crippen LogP contribution in [-0.2, 0) is 14.3 Å². The molecular weight excluding hydrogens is 344 g/mol. The number of aliphatic hydroxyl groups is 2. The van der Waals surface area contributed by atoms with Crippen LogP contribution in [0.25, 0.3) is 0 Å². The van der Waals surface area contributed by atoms with Gasteiger partial charge in [-0.15, -0.1) is 0 Å². The van der Waals surface area contributed by atoms with Crippen LogP contribution in [0, 0.1) is 0 Å². The van der Waals surface area contributed by atoms with E-state index >= 15 is 0 Å². The van der Waals surface area contributed by atoms with Gasteiger partial charge in [0.2, 0.25) is 0 Å². The first-order valence-electron chi connectivity index (χ1n) is 9.97. The number of esters is 1. The molecule has 5 nitrogen and oxygen atoms in total. The second kappa shape index (κ2) is 7.69. The predicted molar refractivity (Wildman–Crippen MR) is 105 cm³/mol. The second-order valence-corrected chi connectivity index (χ2v) is 9.28. The van der Waals surface area contributed by atoms with Crippen molar-refractivity contribution in [2.75, 3.05) is 0 Å². The van der Waals surface area contributed by atoms with Crippen LogP contribution in [-0.4, -0.2) is 44.7 Å². The quantitative estimate of drug-likeness (QED) is 0.562. The van der Waals surface area contributed by atoms with Crippen molar-refractivity contribution in [3.8, 4) is 0 Å². The highest BCUT2D eigenvalue weighted by molar-refractivity contribution is 5.66. The molecule has 0 spiro atoms. The minimum atomic E-state index is -1.15. The molecule has 0 radical (unpaired) electrons. The number of rotatable bonds is 2. The van der Waals surface area contributed by atoms with Gasteiger partial charge in [-0.05, 0) is 73.1 Å². The third kappa shape index (κ3) is 5.21. The summed E-state index contributed by atoms with van der Waals surface area (Å²) in [7, 11) is 0. The zero-order valence-corrected chi connectivity index (χ0v) is 17.7. The van der Waals surface area contributed by atoms with Crippen molar-refractivity contribution in [3.05, 3.63) is 23.8 Å². The molecule has 0 aromatic heterocycles. The Labute approximate surface area is 163 Å². The fourth-order valence-corrected chi connectivity index (χ4v) is 4.09. The van der Waals surface area contributed by atoms with Crippen molar-refractivity contribution < 1.29 is 24.5 Å². The number of fused-ring (bicyclic) bond motifs is 2. The van der Waals surface area contributed by atoms with Crippen LogP contribution in [0.4, 0.5) is 0 Å². The Bertz CT molecular complexity index is 613. The molecule has 0 amide bonds. The summed E-state index contributed by atoms with van der Waals surface area (Å²) in [6, 6.07) is 0. The predicted octanol–water partition coefficient (Wildman–Crippen LogP) is 3.82. The first-order valence-corrected chi connectivity index (χ1v) is 9.97. The summed E-state index contributed by atoms with van der Waals surface area (Å²) < 4.78 is 12.2. The molecular formula is C22H36O5. The van der Waals surface area contributed by atoms with Crippen molar-refractivity contribution in [1.29, 1.82) is 0 Å². The molecule has 2 aliphatic heterocycles. The highest BCUT2D eigenvalue weighted by atomic mass is 16.6. The Morgan fingerprint density at radius 1 is 1.26 bits per heavy atom. The maximum Gasteiger partial charge on any atom is 0.303 e. The Morgan fingerprint density at radius 3 is 2.52 bits per heavy atom. The smallest absolute Gasteiger partial charge is 0.303 e. The van der Waals surface area contributed by atoms with E-state index in [1.165, 1.54) is 12.5 Å². The Kier molecular flexibility index (Phi) is 6.30. The van der Waals surface area contributed by atoms with Crippen molar-refractivity contribution >= 4 is 5.97 Å². The lowest BCUT2D eigenvalue weighted by atomic mass is 9.81. The zero-order chi connectivity index (χ0) is 20.5. The number of allylic oxidation sites excluding steroid dienone is 2. The highest BCUT2D eigenvalue weighted by Crippen LogP contribution is 2.48. The number of carbonyl (C=O) groups is 1. The van der Waals surface area contributed by atoms with E-state index in [2.05, 4.69) is 13.0 Å². The average molecular weight is 381 g/mol. The lowest BCUT2D eigenvalue weighted by Crippen LogP contribution is -2.52. The van der Waals surface area contributed by atoms with Crippen molar-refractivity contribution in [2.24, 2.45) is 0 Å². The summed E-state index contributed by atoms with van der Waals surface area (Å²) in [5.41, 5.74) is -2.56. The van der Waals surface area contributed by atoms with Gasteiger partial charge in [0.05, 0.1) is 11.2 Å². The summed E-state index contributed by atoms with van der Waals surface area (Å²) >= 11 is 0. The van der Waals surface area contributed by atoms with Gasteiger partial charge in [0.15, 0.2) is 0 Å². The van der Waals surface area contributed by atoms with Crippen LogP contribution in [0.5, 0.6) is 0 Å². The van der Waals surface area contributed by atoms with Crippen molar-refractivity contribution in [2.45, 2.75) is 109 Å². The Morgan fingerprint density at radius 2 is 1.93 bits per heavy atom. The zero-order valence-electron chi connectivity index (χ0n) is 17.7. The van der Waals surface area contributed by atoms with Gasteiger partial charge < -0.3 is 19.7 Å². The van der Waals surface area contributed by atoms with Gasteiger partial charge in [-0.2, -0.15) is 0 Å². The lowest BCUT2D eigenvalue weighted by molar-refractivity contribution is -0.201. The number of ether oxygens (including phenoxy) is 2. The molecule has 5 heteroatoms. The fourth-order valence-electron chi connectivity index (χ4n) is 4.09. The molecule has 154 valence electrons. The molecule has 0 saturated carbocycles. The molecule has 1 saturated heterocycles. The standard InChI is InChI=1S/C22H36O5/c1-16-8-7-11-20(5,25)12-14-22(19(3,4)24)15-13-21(6,27-22)18(10-9-16)26-17(2)23/h8,12,14,18,24-25H,7,9-11,13,15H2,1-6H3/b14-12+,16-8+/t18-,20-,21+,22+/m0/s1. The van der Waals surface area contributed by atoms with Crippen LogP contribution in [0.2, 0.25) is 0 Å². The molecule has 1 fully saturated rings. The van der Waals surface area contributed by atoms with E-state index in [9.17, 15) is 15.0 Å². The Hall–Kier alpha value is -1.17. The first kappa shape index (κ1) is 22.1. The molecule has 0 aliphatic carbocycles.